The van der Waals surface area contributed by atoms with Gasteiger partial charge in [-0.25, -0.2) is 9.18 Å². The highest BCUT2D eigenvalue weighted by atomic mass is 32.2. The molecule has 0 fully saturated rings. The fourth-order valence-electron chi connectivity index (χ4n) is 2.05. The molecule has 2 rings (SSSR count). The van der Waals surface area contributed by atoms with E-state index in [1.165, 1.54) is 18.9 Å². The number of carbonyl (C=O) groups excluding carboxylic acids is 1. The molecular formula is C19H26F6O3S. The number of halogens is 6. The van der Waals surface area contributed by atoms with Crippen LogP contribution in [0.5, 0.6) is 5.75 Å². The molecule has 2 aromatic carbocycles. The third-order valence-corrected chi connectivity index (χ3v) is 4.15. The summed E-state index contributed by atoms with van der Waals surface area (Å²) in [7, 11) is 0. The zero-order chi connectivity index (χ0) is 17.2. The molecule has 0 aliphatic carbocycles. The second kappa shape index (κ2) is 19.0. The summed E-state index contributed by atoms with van der Waals surface area (Å²) in [5, 5.41) is 0. The molecule has 0 saturated carbocycles. The second-order valence-electron chi connectivity index (χ2n) is 5.32. The van der Waals surface area contributed by atoms with Gasteiger partial charge in [-0.2, -0.15) is 0 Å². The summed E-state index contributed by atoms with van der Waals surface area (Å²) in [5.41, 5.74) is 0.400. The highest BCUT2D eigenvalue weighted by Gasteiger charge is 2.10. The molecule has 0 spiro atoms. The van der Waals surface area contributed by atoms with Gasteiger partial charge in [0.1, 0.15) is 11.6 Å². The fourth-order valence-corrected chi connectivity index (χ4v) is 2.59. The number of carbonyl (C=O) groups is 1. The monoisotopic (exact) mass is 448 g/mol. The molecule has 0 radical (unpaired) electrons. The Labute approximate surface area is 170 Å². The Morgan fingerprint density at radius 2 is 1.52 bits per heavy atom. The average Bonchev–Trinajstić information content (AvgIpc) is 2.61. The maximum absolute atomic E-state index is 13.5. The zero-order valence-electron chi connectivity index (χ0n) is 15.7. The van der Waals surface area contributed by atoms with E-state index in [2.05, 4.69) is 6.92 Å². The first kappa shape index (κ1) is 34.2. The van der Waals surface area contributed by atoms with Crippen molar-refractivity contribution in [2.45, 2.75) is 37.5 Å². The lowest BCUT2D eigenvalue weighted by Gasteiger charge is -2.07. The van der Waals surface area contributed by atoms with Gasteiger partial charge in [0.2, 0.25) is 0 Å². The highest BCUT2D eigenvalue weighted by molar-refractivity contribution is 7.95. The van der Waals surface area contributed by atoms with Crippen LogP contribution in [-0.2, 0) is 4.18 Å². The number of hydrogen-bond donors (Lipinski definition) is 0. The number of unbranched alkanes of at least 4 members (excludes halogenated alkanes) is 3. The quantitative estimate of drug-likeness (QED) is 0.252. The predicted molar refractivity (Wildman–Crippen MR) is 106 cm³/mol. The van der Waals surface area contributed by atoms with Crippen molar-refractivity contribution >= 4 is 18.0 Å². The van der Waals surface area contributed by atoms with E-state index in [-0.39, 0.29) is 28.4 Å². The summed E-state index contributed by atoms with van der Waals surface area (Å²) in [5.74, 6) is -0.204. The van der Waals surface area contributed by atoms with Crippen LogP contribution in [0.1, 0.15) is 43.0 Å². The number of hydrogen-bond acceptors (Lipinski definition) is 4. The molecule has 0 heterocycles. The van der Waals surface area contributed by atoms with Gasteiger partial charge in [0.25, 0.3) is 0 Å². The Hall–Kier alpha value is -2.36. The van der Waals surface area contributed by atoms with Crippen LogP contribution in [0, 0.1) is 5.82 Å². The molecule has 0 unspecified atom stereocenters. The van der Waals surface area contributed by atoms with Gasteiger partial charge in [0.05, 0.1) is 29.1 Å². The predicted octanol–water partition coefficient (Wildman–Crippen LogP) is 6.41. The van der Waals surface area contributed by atoms with E-state index in [0.717, 1.165) is 30.6 Å². The van der Waals surface area contributed by atoms with Crippen molar-refractivity contribution in [2.24, 2.45) is 0 Å². The molecule has 0 atom stereocenters. The van der Waals surface area contributed by atoms with E-state index in [4.69, 9.17) is 8.92 Å². The molecule has 29 heavy (non-hydrogen) atoms. The smallest absolute Gasteiger partial charge is 0.350 e. The van der Waals surface area contributed by atoms with Crippen LogP contribution in [-0.4, -0.2) is 12.6 Å². The van der Waals surface area contributed by atoms with Crippen molar-refractivity contribution in [3.05, 3.63) is 59.9 Å². The molecule has 3 nitrogen and oxygen atoms in total. The summed E-state index contributed by atoms with van der Waals surface area (Å²) < 4.78 is 24.1. The molecule has 0 aliphatic rings. The molecule has 0 N–H and O–H groups in total. The molecule has 168 valence electrons. The van der Waals surface area contributed by atoms with Gasteiger partial charge in [-0.15, -0.1) is 0 Å². The summed E-state index contributed by atoms with van der Waals surface area (Å²) in [6, 6.07) is 12.9. The summed E-state index contributed by atoms with van der Waals surface area (Å²) in [4.78, 5) is 12.2. The van der Waals surface area contributed by atoms with Crippen LogP contribution >= 0.6 is 12.0 Å². The lowest BCUT2D eigenvalue weighted by atomic mass is 10.2. The summed E-state index contributed by atoms with van der Waals surface area (Å²) >= 11 is 0.720. The molecule has 0 bridgehead atoms. The van der Waals surface area contributed by atoms with Crippen LogP contribution in [0.2, 0.25) is 0 Å². The molecule has 10 heteroatoms. The Morgan fingerprint density at radius 3 is 2.10 bits per heavy atom. The number of benzene rings is 2. The second-order valence-corrected chi connectivity index (χ2v) is 6.09. The van der Waals surface area contributed by atoms with Crippen molar-refractivity contribution < 1.29 is 41.6 Å². The van der Waals surface area contributed by atoms with Crippen LogP contribution in [0.15, 0.2) is 53.4 Å². The van der Waals surface area contributed by atoms with E-state index < -0.39 is 11.8 Å². The van der Waals surface area contributed by atoms with Crippen LogP contribution < -0.4 is 4.74 Å². The van der Waals surface area contributed by atoms with Crippen LogP contribution in [0.4, 0.5) is 27.9 Å². The van der Waals surface area contributed by atoms with Gasteiger partial charge in [0, 0.05) is 0 Å². The lowest BCUT2D eigenvalue weighted by Crippen LogP contribution is -2.01. The van der Waals surface area contributed by atoms with E-state index in [0.29, 0.717) is 12.2 Å². The van der Waals surface area contributed by atoms with Gasteiger partial charge in [-0.1, -0.05) is 38.3 Å². The molecule has 0 aliphatic heterocycles. The SMILES string of the molecule is CCCCCCOc1ccc(C(=O)OSc2ccccc2F)cc1.F.F.F.F.F. The largest absolute Gasteiger partial charge is 0.494 e. The van der Waals surface area contributed by atoms with Crippen molar-refractivity contribution in [3.63, 3.8) is 0 Å². The first-order valence-electron chi connectivity index (χ1n) is 8.07. The first-order valence-corrected chi connectivity index (χ1v) is 8.81. The van der Waals surface area contributed by atoms with Gasteiger partial charge < -0.3 is 8.92 Å². The molecule has 0 amide bonds. The number of rotatable bonds is 9. The number of ether oxygens (including phenoxy) is 1. The summed E-state index contributed by atoms with van der Waals surface area (Å²) in [6.45, 7) is 2.84. The van der Waals surface area contributed by atoms with Gasteiger partial charge in [0.15, 0.2) is 0 Å². The Balaban J connectivity index is -0.000000625. The van der Waals surface area contributed by atoms with Crippen molar-refractivity contribution in [1.29, 1.82) is 0 Å². The maximum Gasteiger partial charge on any atom is 0.350 e. The van der Waals surface area contributed by atoms with Crippen molar-refractivity contribution in [1.82, 2.24) is 0 Å². The molecular weight excluding hydrogens is 422 g/mol. The zero-order valence-corrected chi connectivity index (χ0v) is 16.5. The van der Waals surface area contributed by atoms with Crippen molar-refractivity contribution in [2.75, 3.05) is 6.61 Å². The van der Waals surface area contributed by atoms with Crippen LogP contribution in [0.25, 0.3) is 0 Å². The average molecular weight is 448 g/mol. The Morgan fingerprint density at radius 1 is 0.897 bits per heavy atom. The standard InChI is InChI=1S/C19H21FO3S.5FH/c1-2-3-4-7-14-22-16-12-10-15(11-13-16)19(21)23-24-18-9-6-5-8-17(18)20;;;;;/h5-6,8-13H,2-4,7,14H2,1H3;5*1H. The normalized spacial score (nSPS) is 8.62. The summed E-state index contributed by atoms with van der Waals surface area (Å²) in [6.07, 6.45) is 4.60. The lowest BCUT2D eigenvalue weighted by molar-refractivity contribution is 0.0768. The maximum atomic E-state index is 13.5. The molecule has 0 saturated heterocycles. The topological polar surface area (TPSA) is 35.5 Å². The van der Waals surface area contributed by atoms with Gasteiger partial charge in [-0.05, 0) is 42.8 Å². The van der Waals surface area contributed by atoms with Crippen LogP contribution in [0.3, 0.4) is 0 Å². The van der Waals surface area contributed by atoms with Gasteiger partial charge >= 0.3 is 5.97 Å². The Kier molecular flexibility index (Phi) is 22.4. The van der Waals surface area contributed by atoms with Gasteiger partial charge in [-0.3, -0.25) is 23.5 Å². The third kappa shape index (κ3) is 11.9. The van der Waals surface area contributed by atoms with E-state index in [1.807, 2.05) is 0 Å². The third-order valence-electron chi connectivity index (χ3n) is 3.40. The fraction of sp³-hybridized carbons (Fsp3) is 0.316. The minimum atomic E-state index is -0.516. The first-order chi connectivity index (χ1) is 11.7. The molecule has 0 aromatic heterocycles. The Bertz CT molecular complexity index is 659. The minimum Gasteiger partial charge on any atom is -0.494 e. The van der Waals surface area contributed by atoms with E-state index in [1.54, 1.807) is 42.5 Å². The minimum absolute atomic E-state index is 0. The molecule has 2 aromatic rings. The van der Waals surface area contributed by atoms with Crippen molar-refractivity contribution in [3.8, 4) is 5.75 Å². The van der Waals surface area contributed by atoms with E-state index >= 15 is 0 Å². The van der Waals surface area contributed by atoms with E-state index in [9.17, 15) is 9.18 Å². The highest BCUT2D eigenvalue weighted by Crippen LogP contribution is 2.24.